The van der Waals surface area contributed by atoms with Crippen LogP contribution in [-0.2, 0) is 26.5 Å². The second-order valence-corrected chi connectivity index (χ2v) is 10.5. The van der Waals surface area contributed by atoms with Crippen molar-refractivity contribution in [2.75, 3.05) is 13.1 Å². The largest absolute Gasteiger partial charge is 0.481 e. The van der Waals surface area contributed by atoms with Gasteiger partial charge in [-0.2, -0.15) is 0 Å². The monoisotopic (exact) mass is 580 g/mol. The maximum absolute atomic E-state index is 11.4. The van der Waals surface area contributed by atoms with Gasteiger partial charge in [-0.3, -0.25) is 19.5 Å². The molecule has 0 bridgehead atoms. The minimum Gasteiger partial charge on any atom is -0.481 e. The van der Waals surface area contributed by atoms with E-state index >= 15 is 0 Å². The lowest BCUT2D eigenvalue weighted by Gasteiger charge is -2.29. The molecule has 1 saturated heterocycles. The number of fused-ring (bicyclic) bond motifs is 1. The van der Waals surface area contributed by atoms with E-state index in [0.717, 1.165) is 43.9 Å². The molecule has 3 aromatic rings. The molecule has 0 spiro atoms. The first kappa shape index (κ1) is 30.5. The molecule has 5 N–H and O–H groups in total. The second kappa shape index (κ2) is 13.0. The summed E-state index contributed by atoms with van der Waals surface area (Å²) in [5.41, 5.74) is -1.55. The summed E-state index contributed by atoms with van der Waals surface area (Å²) in [6.07, 6.45) is 4.66. The van der Waals surface area contributed by atoms with E-state index in [9.17, 15) is 19.5 Å². The highest BCUT2D eigenvalue weighted by Gasteiger charge is 2.53. The number of aromatic nitrogens is 3. The fourth-order valence-corrected chi connectivity index (χ4v) is 5.57. The Hall–Kier alpha value is -4.46. The lowest BCUT2D eigenvalue weighted by molar-refractivity contribution is -0.170. The van der Waals surface area contributed by atoms with Crippen LogP contribution in [0.2, 0.25) is 0 Å². The molecule has 13 nitrogen and oxygen atoms in total. The number of rotatable bonds is 10. The molecule has 222 valence electrons. The Morgan fingerprint density at radius 1 is 0.929 bits per heavy atom. The molecule has 13 heteroatoms. The maximum Gasteiger partial charge on any atom is 0.336 e. The van der Waals surface area contributed by atoms with Crippen LogP contribution in [0.25, 0.3) is 0 Å². The molecule has 2 fully saturated rings. The summed E-state index contributed by atoms with van der Waals surface area (Å²) >= 11 is 0. The van der Waals surface area contributed by atoms with Gasteiger partial charge in [0, 0.05) is 44.1 Å². The van der Waals surface area contributed by atoms with Gasteiger partial charge in [-0.05, 0) is 54.7 Å². The van der Waals surface area contributed by atoms with Crippen LogP contribution in [0.5, 0.6) is 11.8 Å². The van der Waals surface area contributed by atoms with Crippen molar-refractivity contribution < 1.29 is 44.7 Å². The summed E-state index contributed by atoms with van der Waals surface area (Å²) in [6.45, 7) is 2.72. The number of nitrogens with zero attached hydrogens (tertiary/aromatic N) is 4. The highest BCUT2D eigenvalue weighted by Crippen LogP contribution is 2.50. The highest BCUT2D eigenvalue weighted by molar-refractivity contribution is 5.88. The summed E-state index contributed by atoms with van der Waals surface area (Å²) in [7, 11) is 0. The molecule has 5 rings (SSSR count). The molecule has 0 unspecified atom stereocenters. The fourth-order valence-electron chi connectivity index (χ4n) is 5.57. The Morgan fingerprint density at radius 2 is 1.62 bits per heavy atom. The lowest BCUT2D eigenvalue weighted by atomic mass is 9.85. The standard InChI is InChI=1S/C23H24N4O2.C6H8O7/c28-23(21-7-1-2-10-24-21)9-8-18-15-27(16-20(18)23)14-17-5-3-6-19(13-17)29-22-25-11-4-12-26-22;7-3(8)1-6(13,5(11)12)2-4(9)10/h1-7,10-13,18,20,28H,8-9,14-16H2;13H,1-2H2,(H,7,8)(H,9,10)(H,11,12)/t18-,20+,23-;/m0./s1. The first-order valence-corrected chi connectivity index (χ1v) is 13.3. The molecule has 1 aliphatic heterocycles. The van der Waals surface area contributed by atoms with Crippen LogP contribution in [0.4, 0.5) is 0 Å². The molecule has 1 saturated carbocycles. The minimum atomic E-state index is -2.74. The van der Waals surface area contributed by atoms with Gasteiger partial charge < -0.3 is 30.3 Å². The van der Waals surface area contributed by atoms with Crippen molar-refractivity contribution in [1.82, 2.24) is 19.9 Å². The summed E-state index contributed by atoms with van der Waals surface area (Å²) in [4.78, 5) is 45.6. The number of carbonyl (C=O) groups is 3. The molecule has 42 heavy (non-hydrogen) atoms. The van der Waals surface area contributed by atoms with Crippen LogP contribution in [0.15, 0.2) is 67.1 Å². The number of aliphatic carboxylic acids is 3. The first-order chi connectivity index (χ1) is 20.0. The maximum atomic E-state index is 11.4. The van der Waals surface area contributed by atoms with Crippen LogP contribution < -0.4 is 4.74 Å². The van der Waals surface area contributed by atoms with E-state index in [2.05, 4.69) is 25.9 Å². The zero-order valence-corrected chi connectivity index (χ0v) is 22.6. The normalized spacial score (nSPS) is 21.6. The Morgan fingerprint density at radius 3 is 2.24 bits per heavy atom. The Bertz CT molecular complexity index is 1380. The van der Waals surface area contributed by atoms with Crippen molar-refractivity contribution in [3.05, 3.63) is 78.4 Å². The number of carboxylic acids is 3. The van der Waals surface area contributed by atoms with Crippen molar-refractivity contribution in [2.24, 2.45) is 11.8 Å². The zero-order valence-electron chi connectivity index (χ0n) is 22.6. The van der Waals surface area contributed by atoms with E-state index in [4.69, 9.17) is 25.2 Å². The second-order valence-electron chi connectivity index (χ2n) is 10.5. The van der Waals surface area contributed by atoms with Gasteiger partial charge in [-0.25, -0.2) is 14.8 Å². The van der Waals surface area contributed by atoms with E-state index in [1.54, 1.807) is 24.7 Å². The predicted molar refractivity (Wildman–Crippen MR) is 145 cm³/mol. The average molecular weight is 581 g/mol. The molecule has 1 aliphatic carbocycles. The number of likely N-dealkylation sites (tertiary alicyclic amines) is 1. The first-order valence-electron chi connectivity index (χ1n) is 13.3. The topological polar surface area (TPSA) is 204 Å². The van der Waals surface area contributed by atoms with Crippen LogP contribution in [0.3, 0.4) is 0 Å². The smallest absolute Gasteiger partial charge is 0.336 e. The molecule has 3 heterocycles. The van der Waals surface area contributed by atoms with E-state index in [0.29, 0.717) is 11.9 Å². The van der Waals surface area contributed by atoms with Gasteiger partial charge in [-0.15, -0.1) is 0 Å². The Labute approximate surface area is 241 Å². The van der Waals surface area contributed by atoms with E-state index in [1.165, 1.54) is 5.56 Å². The molecule has 1 aromatic carbocycles. The van der Waals surface area contributed by atoms with Crippen LogP contribution in [0.1, 0.15) is 36.9 Å². The molecular formula is C29H32N4O9. The van der Waals surface area contributed by atoms with Gasteiger partial charge in [0.05, 0.1) is 18.5 Å². The number of aliphatic hydroxyl groups is 2. The van der Waals surface area contributed by atoms with Gasteiger partial charge in [0.1, 0.15) is 11.4 Å². The summed E-state index contributed by atoms with van der Waals surface area (Å²) in [5.74, 6) is -3.54. The SMILES string of the molecule is O=C(O)CC(O)(CC(=O)O)C(=O)O.O[C@@]1(c2ccccn2)CC[C@H]2CN(Cc3cccc(Oc4ncccn4)c3)C[C@H]21. The Balaban J connectivity index is 0.000000266. The van der Waals surface area contributed by atoms with Crippen LogP contribution >= 0.6 is 0 Å². The van der Waals surface area contributed by atoms with Gasteiger partial charge in [0.25, 0.3) is 0 Å². The van der Waals surface area contributed by atoms with Crippen molar-refractivity contribution in [3.63, 3.8) is 0 Å². The molecule has 2 aliphatic rings. The molecular weight excluding hydrogens is 548 g/mol. The minimum absolute atomic E-state index is 0.231. The fraction of sp³-hybridized carbons (Fsp3) is 0.379. The van der Waals surface area contributed by atoms with Crippen LogP contribution in [-0.4, -0.2) is 82.0 Å². The third kappa shape index (κ3) is 7.43. The van der Waals surface area contributed by atoms with Crippen molar-refractivity contribution >= 4 is 17.9 Å². The average Bonchev–Trinajstić information content (AvgIpc) is 3.49. The van der Waals surface area contributed by atoms with Crippen LogP contribution in [0, 0.1) is 11.8 Å². The number of hydrogen-bond acceptors (Lipinski definition) is 10. The number of benzene rings is 1. The quantitative estimate of drug-likeness (QED) is 0.233. The zero-order chi connectivity index (χ0) is 30.3. The number of pyridine rings is 1. The summed E-state index contributed by atoms with van der Waals surface area (Å²) in [5, 5.41) is 45.2. The van der Waals surface area contributed by atoms with Crippen molar-refractivity contribution in [3.8, 4) is 11.8 Å². The van der Waals surface area contributed by atoms with Crippen molar-refractivity contribution in [1.29, 1.82) is 0 Å². The molecule has 0 amide bonds. The number of carboxylic acid groups (broad SMARTS) is 3. The lowest BCUT2D eigenvalue weighted by Crippen LogP contribution is -2.42. The predicted octanol–water partition coefficient (Wildman–Crippen LogP) is 2.15. The highest BCUT2D eigenvalue weighted by atomic mass is 16.5. The van der Waals surface area contributed by atoms with Gasteiger partial charge >= 0.3 is 23.9 Å². The molecule has 0 radical (unpaired) electrons. The van der Waals surface area contributed by atoms with Gasteiger partial charge in [-0.1, -0.05) is 18.2 Å². The summed E-state index contributed by atoms with van der Waals surface area (Å²) in [6, 6.07) is 16.0. The number of ether oxygens (including phenoxy) is 1. The van der Waals surface area contributed by atoms with Crippen molar-refractivity contribution in [2.45, 2.75) is 43.4 Å². The summed E-state index contributed by atoms with van der Waals surface area (Å²) < 4.78 is 5.76. The van der Waals surface area contributed by atoms with Gasteiger partial charge in [0.15, 0.2) is 5.60 Å². The number of hydrogen-bond donors (Lipinski definition) is 5. The Kier molecular flexibility index (Phi) is 9.45. The van der Waals surface area contributed by atoms with Gasteiger partial charge in [0.2, 0.25) is 0 Å². The van der Waals surface area contributed by atoms with E-state index < -0.39 is 42.0 Å². The third-order valence-corrected chi connectivity index (χ3v) is 7.48. The molecule has 2 aromatic heterocycles. The van der Waals surface area contributed by atoms with E-state index in [1.807, 2.05) is 36.4 Å². The van der Waals surface area contributed by atoms with E-state index in [-0.39, 0.29) is 5.92 Å². The molecule has 3 atom stereocenters. The third-order valence-electron chi connectivity index (χ3n) is 7.48.